The van der Waals surface area contributed by atoms with Gasteiger partial charge >= 0.3 is 6.18 Å². The summed E-state index contributed by atoms with van der Waals surface area (Å²) in [6.07, 6.45) is -1.09. The molecule has 0 spiro atoms. The van der Waals surface area contributed by atoms with E-state index < -0.39 is 18.6 Å². The fourth-order valence-electron chi connectivity index (χ4n) is 1.51. The molecule has 19 heavy (non-hydrogen) atoms. The topological polar surface area (TPSA) is 69.8 Å². The fourth-order valence-corrected chi connectivity index (χ4v) is 1.51. The summed E-state index contributed by atoms with van der Waals surface area (Å²) >= 11 is 0. The van der Waals surface area contributed by atoms with Gasteiger partial charge in [0.25, 0.3) is 0 Å². The average molecular weight is 278 g/mol. The van der Waals surface area contributed by atoms with Gasteiger partial charge in [0.2, 0.25) is 5.91 Å². The maximum absolute atomic E-state index is 11.8. The second-order valence-corrected chi connectivity index (χ2v) is 4.19. The summed E-state index contributed by atoms with van der Waals surface area (Å²) in [6, 6.07) is 0. The number of carbonyl (C=O) groups is 1. The SMILES string of the molecule is Cc1[nH]ncc1CCCNC(=O)CNCC(F)(F)F. The molecular weight excluding hydrogens is 261 g/mol. The van der Waals surface area contributed by atoms with Crippen LogP contribution in [0.5, 0.6) is 0 Å². The van der Waals surface area contributed by atoms with Crippen molar-refractivity contribution < 1.29 is 18.0 Å². The van der Waals surface area contributed by atoms with E-state index in [2.05, 4.69) is 15.5 Å². The van der Waals surface area contributed by atoms with Crippen LogP contribution in [-0.4, -0.2) is 41.9 Å². The Balaban J connectivity index is 2.06. The van der Waals surface area contributed by atoms with Crippen LogP contribution in [0, 0.1) is 6.92 Å². The molecular formula is C11H17F3N4O. The molecule has 1 heterocycles. The Kier molecular flexibility index (Phi) is 5.81. The molecule has 0 saturated heterocycles. The van der Waals surface area contributed by atoms with E-state index in [0.717, 1.165) is 17.7 Å². The molecule has 0 aliphatic carbocycles. The first-order valence-corrected chi connectivity index (χ1v) is 5.91. The quantitative estimate of drug-likeness (QED) is 0.650. The van der Waals surface area contributed by atoms with Crippen LogP contribution in [0.3, 0.4) is 0 Å². The number of nitrogens with zero attached hydrogens (tertiary/aromatic N) is 1. The van der Waals surface area contributed by atoms with Crippen LogP contribution in [0.2, 0.25) is 0 Å². The van der Waals surface area contributed by atoms with E-state index in [4.69, 9.17) is 0 Å². The maximum Gasteiger partial charge on any atom is 0.401 e. The molecule has 0 aromatic carbocycles. The number of carbonyl (C=O) groups excluding carboxylic acids is 1. The van der Waals surface area contributed by atoms with Gasteiger partial charge in [-0.1, -0.05) is 0 Å². The summed E-state index contributed by atoms with van der Waals surface area (Å²) in [5, 5.41) is 11.3. The minimum Gasteiger partial charge on any atom is -0.355 e. The Morgan fingerprint density at radius 1 is 1.47 bits per heavy atom. The number of hydrogen-bond donors (Lipinski definition) is 3. The second kappa shape index (κ2) is 7.13. The number of H-pyrrole nitrogens is 1. The predicted octanol–water partition coefficient (Wildman–Crippen LogP) is 0.919. The number of rotatable bonds is 7. The molecule has 3 N–H and O–H groups in total. The van der Waals surface area contributed by atoms with Crippen molar-refractivity contribution in [3.05, 3.63) is 17.5 Å². The van der Waals surface area contributed by atoms with E-state index in [1.54, 1.807) is 6.20 Å². The lowest BCUT2D eigenvalue weighted by Gasteiger charge is -2.08. The van der Waals surface area contributed by atoms with Gasteiger partial charge in [0, 0.05) is 12.2 Å². The molecule has 1 aromatic rings. The van der Waals surface area contributed by atoms with Gasteiger partial charge in [-0.3, -0.25) is 9.89 Å². The van der Waals surface area contributed by atoms with E-state index in [1.807, 2.05) is 12.2 Å². The molecule has 1 aromatic heterocycles. The van der Waals surface area contributed by atoms with Crippen LogP contribution in [-0.2, 0) is 11.2 Å². The highest BCUT2D eigenvalue weighted by molar-refractivity contribution is 5.77. The van der Waals surface area contributed by atoms with Crippen molar-refractivity contribution >= 4 is 5.91 Å². The first-order chi connectivity index (χ1) is 8.88. The number of hydrogen-bond acceptors (Lipinski definition) is 3. The lowest BCUT2D eigenvalue weighted by molar-refractivity contribution is -0.128. The first-order valence-electron chi connectivity index (χ1n) is 5.91. The zero-order valence-corrected chi connectivity index (χ0v) is 10.6. The molecule has 1 rings (SSSR count). The highest BCUT2D eigenvalue weighted by Crippen LogP contribution is 2.11. The number of aromatic amines is 1. The normalized spacial score (nSPS) is 11.6. The third-order valence-corrected chi connectivity index (χ3v) is 2.49. The molecule has 0 fully saturated rings. The molecule has 5 nitrogen and oxygen atoms in total. The smallest absolute Gasteiger partial charge is 0.355 e. The largest absolute Gasteiger partial charge is 0.401 e. The van der Waals surface area contributed by atoms with E-state index in [9.17, 15) is 18.0 Å². The van der Waals surface area contributed by atoms with E-state index in [-0.39, 0.29) is 6.54 Å². The van der Waals surface area contributed by atoms with Gasteiger partial charge in [-0.25, -0.2) is 0 Å². The second-order valence-electron chi connectivity index (χ2n) is 4.19. The maximum atomic E-state index is 11.8. The Morgan fingerprint density at radius 2 is 2.21 bits per heavy atom. The monoisotopic (exact) mass is 278 g/mol. The van der Waals surface area contributed by atoms with Gasteiger partial charge in [0.15, 0.2) is 0 Å². The van der Waals surface area contributed by atoms with Gasteiger partial charge in [0.05, 0.1) is 19.3 Å². The van der Waals surface area contributed by atoms with Crippen molar-refractivity contribution in [3.8, 4) is 0 Å². The van der Waals surface area contributed by atoms with Gasteiger partial charge in [-0.2, -0.15) is 18.3 Å². The number of halogens is 3. The Hall–Kier alpha value is -1.57. The predicted molar refractivity (Wildman–Crippen MR) is 63.6 cm³/mol. The molecule has 0 aliphatic heterocycles. The van der Waals surface area contributed by atoms with Crippen molar-refractivity contribution in [2.75, 3.05) is 19.6 Å². The lowest BCUT2D eigenvalue weighted by atomic mass is 10.1. The zero-order chi connectivity index (χ0) is 14.3. The molecule has 0 bridgehead atoms. The summed E-state index contributed by atoms with van der Waals surface area (Å²) in [6.45, 7) is 0.845. The highest BCUT2D eigenvalue weighted by atomic mass is 19.4. The average Bonchev–Trinajstić information content (AvgIpc) is 2.69. The van der Waals surface area contributed by atoms with Gasteiger partial charge in [-0.05, 0) is 25.3 Å². The summed E-state index contributed by atoms with van der Waals surface area (Å²) < 4.78 is 35.4. The van der Waals surface area contributed by atoms with Crippen LogP contribution >= 0.6 is 0 Å². The van der Waals surface area contributed by atoms with E-state index in [1.165, 1.54) is 0 Å². The molecule has 8 heteroatoms. The Bertz CT molecular complexity index is 403. The van der Waals surface area contributed by atoms with E-state index >= 15 is 0 Å². The number of nitrogens with one attached hydrogen (secondary N) is 3. The fraction of sp³-hybridized carbons (Fsp3) is 0.636. The van der Waals surface area contributed by atoms with Crippen LogP contribution in [0.4, 0.5) is 13.2 Å². The van der Waals surface area contributed by atoms with Crippen LogP contribution in [0.15, 0.2) is 6.20 Å². The van der Waals surface area contributed by atoms with Crippen molar-refractivity contribution in [2.24, 2.45) is 0 Å². The number of amides is 1. The van der Waals surface area contributed by atoms with Crippen molar-refractivity contribution in [3.63, 3.8) is 0 Å². The first kappa shape index (κ1) is 15.5. The minimum atomic E-state index is -4.29. The van der Waals surface area contributed by atoms with Crippen molar-refractivity contribution in [1.82, 2.24) is 20.8 Å². The third kappa shape index (κ3) is 6.80. The Labute approximate surface area is 109 Å². The Morgan fingerprint density at radius 3 is 2.79 bits per heavy atom. The molecule has 0 aliphatic rings. The number of alkyl halides is 3. The van der Waals surface area contributed by atoms with Gasteiger partial charge in [-0.15, -0.1) is 0 Å². The third-order valence-electron chi connectivity index (χ3n) is 2.49. The molecule has 0 atom stereocenters. The highest BCUT2D eigenvalue weighted by Gasteiger charge is 2.26. The van der Waals surface area contributed by atoms with Gasteiger partial charge in [0.1, 0.15) is 0 Å². The molecule has 0 radical (unpaired) electrons. The number of aromatic nitrogens is 2. The molecule has 108 valence electrons. The standard InChI is InChI=1S/C11H17F3N4O/c1-8-9(5-17-18-8)3-2-4-16-10(19)6-15-7-11(12,13)14/h5,15H,2-4,6-7H2,1H3,(H,16,19)(H,17,18). The van der Waals surface area contributed by atoms with Crippen LogP contribution < -0.4 is 10.6 Å². The zero-order valence-electron chi connectivity index (χ0n) is 10.6. The molecule has 1 amide bonds. The lowest BCUT2D eigenvalue weighted by Crippen LogP contribution is -2.38. The molecule has 0 unspecified atom stereocenters. The summed E-state index contributed by atoms with van der Waals surface area (Å²) in [5.41, 5.74) is 2.06. The summed E-state index contributed by atoms with van der Waals surface area (Å²) in [5.74, 6) is -0.437. The molecule has 0 saturated carbocycles. The van der Waals surface area contributed by atoms with Crippen LogP contribution in [0.25, 0.3) is 0 Å². The van der Waals surface area contributed by atoms with E-state index in [0.29, 0.717) is 13.0 Å². The summed E-state index contributed by atoms with van der Waals surface area (Å²) in [4.78, 5) is 11.2. The number of aryl methyl sites for hydroxylation is 2. The van der Waals surface area contributed by atoms with Crippen molar-refractivity contribution in [1.29, 1.82) is 0 Å². The summed E-state index contributed by atoms with van der Waals surface area (Å²) in [7, 11) is 0. The van der Waals surface area contributed by atoms with Gasteiger partial charge < -0.3 is 10.6 Å². The minimum absolute atomic E-state index is 0.329. The van der Waals surface area contributed by atoms with Crippen molar-refractivity contribution in [2.45, 2.75) is 25.9 Å². The van der Waals surface area contributed by atoms with Crippen LogP contribution in [0.1, 0.15) is 17.7 Å².